The maximum atomic E-state index is 11.5. The molecule has 0 saturated heterocycles. The van der Waals surface area contributed by atoms with Crippen molar-refractivity contribution in [2.24, 2.45) is 5.73 Å². The molecule has 0 unspecified atom stereocenters. The highest BCUT2D eigenvalue weighted by molar-refractivity contribution is 6.04. The van der Waals surface area contributed by atoms with Crippen LogP contribution in [0.15, 0.2) is 36.5 Å². The Morgan fingerprint density at radius 3 is 2.69 bits per heavy atom. The van der Waals surface area contributed by atoms with E-state index in [2.05, 4.69) is 33.7 Å². The van der Waals surface area contributed by atoms with Gasteiger partial charge in [0.2, 0.25) is 5.88 Å². The molecule has 7 nitrogen and oxygen atoms in total. The van der Waals surface area contributed by atoms with E-state index in [1.54, 1.807) is 18.3 Å². The van der Waals surface area contributed by atoms with Crippen molar-refractivity contribution in [3.05, 3.63) is 42.1 Å². The van der Waals surface area contributed by atoms with Crippen molar-refractivity contribution >= 4 is 16.9 Å². The summed E-state index contributed by atoms with van der Waals surface area (Å²) in [6.07, 6.45) is 1.70. The van der Waals surface area contributed by atoms with Gasteiger partial charge in [-0.2, -0.15) is 0 Å². The number of carbonyl (C=O) groups is 1. The number of primary amides is 1. The topological polar surface area (TPSA) is 97.1 Å². The van der Waals surface area contributed by atoms with E-state index in [9.17, 15) is 4.79 Å². The molecule has 0 radical (unpaired) electrons. The molecule has 0 atom stereocenters. The number of nitrogens with one attached hydrogen (secondary N) is 1. The van der Waals surface area contributed by atoms with Crippen LogP contribution < -0.4 is 10.5 Å². The summed E-state index contributed by atoms with van der Waals surface area (Å²) in [7, 11) is 0. The number of pyridine rings is 1. The fourth-order valence-corrected chi connectivity index (χ4v) is 2.79. The van der Waals surface area contributed by atoms with Crippen LogP contribution >= 0.6 is 0 Å². The second-order valence-electron chi connectivity index (χ2n) is 5.91. The molecule has 3 aromatic rings. The fraction of sp³-hybridized carbons (Fsp3) is 0.316. The smallest absolute Gasteiger partial charge is 0.250 e. The average molecular weight is 353 g/mol. The highest BCUT2D eigenvalue weighted by atomic mass is 16.5. The minimum atomic E-state index is -0.497. The third-order valence-electron chi connectivity index (χ3n) is 4.34. The van der Waals surface area contributed by atoms with Crippen LogP contribution in [-0.2, 0) is 0 Å². The zero-order valence-corrected chi connectivity index (χ0v) is 15.0. The van der Waals surface area contributed by atoms with Gasteiger partial charge in [-0.1, -0.05) is 19.9 Å². The van der Waals surface area contributed by atoms with E-state index in [4.69, 9.17) is 10.5 Å². The molecule has 136 valence electrons. The normalized spacial score (nSPS) is 11.2. The lowest BCUT2D eigenvalue weighted by Gasteiger charge is -2.17. The number of aromatic nitrogens is 3. The van der Waals surface area contributed by atoms with Gasteiger partial charge in [-0.25, -0.2) is 9.97 Å². The van der Waals surface area contributed by atoms with Crippen molar-refractivity contribution in [1.29, 1.82) is 0 Å². The third-order valence-corrected chi connectivity index (χ3v) is 4.34. The van der Waals surface area contributed by atoms with Gasteiger partial charge in [0.1, 0.15) is 17.9 Å². The summed E-state index contributed by atoms with van der Waals surface area (Å²) >= 11 is 0. The first-order chi connectivity index (χ1) is 12.6. The van der Waals surface area contributed by atoms with Gasteiger partial charge in [0.15, 0.2) is 0 Å². The number of para-hydroxylation sites is 1. The number of nitrogens with two attached hydrogens (primary N) is 1. The summed E-state index contributed by atoms with van der Waals surface area (Å²) in [4.78, 5) is 25.9. The number of nitrogens with zero attached hydrogens (tertiary/aromatic N) is 3. The van der Waals surface area contributed by atoms with Crippen LogP contribution in [0.1, 0.15) is 24.2 Å². The molecular formula is C19H23N5O2. The Hall–Kier alpha value is -2.93. The van der Waals surface area contributed by atoms with Gasteiger partial charge in [0.25, 0.3) is 5.91 Å². The minimum Gasteiger partial charge on any atom is -0.476 e. The van der Waals surface area contributed by atoms with Gasteiger partial charge in [-0.15, -0.1) is 0 Å². The summed E-state index contributed by atoms with van der Waals surface area (Å²) in [6.45, 7) is 7.74. The molecule has 26 heavy (non-hydrogen) atoms. The number of hydrogen-bond acceptors (Lipinski definition) is 5. The number of amides is 1. The molecule has 0 fully saturated rings. The molecule has 7 heteroatoms. The maximum Gasteiger partial charge on any atom is 0.250 e. The van der Waals surface area contributed by atoms with Crippen LogP contribution in [0.25, 0.3) is 22.4 Å². The molecule has 0 saturated carbocycles. The first-order valence-electron chi connectivity index (χ1n) is 8.72. The number of ether oxygens (including phenoxy) is 1. The van der Waals surface area contributed by atoms with E-state index in [1.807, 2.05) is 18.2 Å². The average Bonchev–Trinajstić information content (AvgIpc) is 3.09. The Balaban J connectivity index is 1.73. The molecule has 0 aliphatic carbocycles. The van der Waals surface area contributed by atoms with E-state index in [1.165, 1.54) is 0 Å². The molecule has 1 amide bonds. The largest absolute Gasteiger partial charge is 0.476 e. The number of hydrogen-bond donors (Lipinski definition) is 2. The van der Waals surface area contributed by atoms with Crippen molar-refractivity contribution in [2.75, 3.05) is 26.2 Å². The Bertz CT molecular complexity index is 885. The van der Waals surface area contributed by atoms with Crippen LogP contribution in [0.5, 0.6) is 5.88 Å². The van der Waals surface area contributed by atoms with Crippen LogP contribution in [0.4, 0.5) is 0 Å². The summed E-state index contributed by atoms with van der Waals surface area (Å²) in [5.41, 5.74) is 7.94. The number of carbonyl (C=O) groups excluding carboxylic acids is 1. The standard InChI is InChI=1S/C19H23N5O2/c1-3-24(4-2)10-11-26-16-9-8-13(12-21-16)19-22-15-7-5-6-14(18(20)25)17(15)23-19/h5-9,12H,3-4,10-11H2,1-2H3,(H2,20,25)(H,22,23). The predicted molar refractivity (Wildman–Crippen MR) is 101 cm³/mol. The maximum absolute atomic E-state index is 11.5. The second kappa shape index (κ2) is 7.97. The van der Waals surface area contributed by atoms with E-state index in [-0.39, 0.29) is 0 Å². The minimum absolute atomic E-state index is 0.398. The van der Waals surface area contributed by atoms with E-state index >= 15 is 0 Å². The lowest BCUT2D eigenvalue weighted by atomic mass is 10.2. The number of imidazole rings is 1. The highest BCUT2D eigenvalue weighted by Crippen LogP contribution is 2.23. The number of fused-ring (bicyclic) bond motifs is 1. The molecule has 0 spiro atoms. The Labute approximate surface area is 152 Å². The summed E-state index contributed by atoms with van der Waals surface area (Å²) in [5.74, 6) is 0.717. The first-order valence-corrected chi connectivity index (χ1v) is 8.72. The van der Waals surface area contributed by atoms with Crippen molar-refractivity contribution in [3.8, 4) is 17.3 Å². The molecule has 2 aromatic heterocycles. The summed E-state index contributed by atoms with van der Waals surface area (Å²) in [6, 6.07) is 9.01. The molecule has 1 aromatic carbocycles. The molecule has 2 heterocycles. The fourth-order valence-electron chi connectivity index (χ4n) is 2.79. The molecule has 0 bridgehead atoms. The Kier molecular flexibility index (Phi) is 5.48. The molecule has 0 aliphatic rings. The first kappa shape index (κ1) is 17.9. The van der Waals surface area contributed by atoms with Crippen LogP contribution in [0.2, 0.25) is 0 Å². The lowest BCUT2D eigenvalue weighted by Crippen LogP contribution is -2.28. The number of H-pyrrole nitrogens is 1. The zero-order valence-electron chi connectivity index (χ0n) is 15.0. The van der Waals surface area contributed by atoms with Crippen molar-refractivity contribution < 1.29 is 9.53 Å². The molecule has 3 rings (SSSR count). The predicted octanol–water partition coefficient (Wildman–Crippen LogP) is 2.44. The van der Waals surface area contributed by atoms with Gasteiger partial charge in [-0.05, 0) is 31.3 Å². The van der Waals surface area contributed by atoms with Crippen molar-refractivity contribution in [2.45, 2.75) is 13.8 Å². The van der Waals surface area contributed by atoms with Gasteiger partial charge in [0.05, 0.1) is 11.1 Å². The number of rotatable bonds is 8. The van der Waals surface area contributed by atoms with Crippen LogP contribution in [0.3, 0.4) is 0 Å². The molecule has 3 N–H and O–H groups in total. The van der Waals surface area contributed by atoms with Gasteiger partial charge in [0, 0.05) is 24.4 Å². The van der Waals surface area contributed by atoms with Crippen molar-refractivity contribution in [3.63, 3.8) is 0 Å². The lowest BCUT2D eigenvalue weighted by molar-refractivity contribution is 0.100. The Morgan fingerprint density at radius 1 is 1.23 bits per heavy atom. The Morgan fingerprint density at radius 2 is 2.04 bits per heavy atom. The summed E-state index contributed by atoms with van der Waals surface area (Å²) in [5, 5.41) is 0. The van der Waals surface area contributed by atoms with Crippen LogP contribution in [-0.4, -0.2) is 52.0 Å². The quantitative estimate of drug-likeness (QED) is 0.648. The van der Waals surface area contributed by atoms with E-state index in [0.717, 1.165) is 30.7 Å². The zero-order chi connectivity index (χ0) is 18.5. The van der Waals surface area contributed by atoms with Gasteiger partial charge >= 0.3 is 0 Å². The van der Waals surface area contributed by atoms with Gasteiger partial charge < -0.3 is 20.4 Å². The summed E-state index contributed by atoms with van der Waals surface area (Å²) < 4.78 is 5.70. The third kappa shape index (κ3) is 3.83. The van der Waals surface area contributed by atoms with Gasteiger partial charge in [-0.3, -0.25) is 4.79 Å². The SMILES string of the molecule is CCN(CC)CCOc1ccc(-c2nc3c(C(N)=O)cccc3[nH]2)cn1. The molecule has 0 aliphatic heterocycles. The second-order valence-corrected chi connectivity index (χ2v) is 5.91. The monoisotopic (exact) mass is 353 g/mol. The van der Waals surface area contributed by atoms with Crippen molar-refractivity contribution in [1.82, 2.24) is 19.9 Å². The van der Waals surface area contributed by atoms with Crippen LogP contribution in [0, 0.1) is 0 Å². The number of aromatic amines is 1. The van der Waals surface area contributed by atoms with E-state index < -0.39 is 5.91 Å². The molecular weight excluding hydrogens is 330 g/mol. The van der Waals surface area contributed by atoms with E-state index in [0.29, 0.717) is 29.4 Å². The highest BCUT2D eigenvalue weighted by Gasteiger charge is 2.12. The number of likely N-dealkylation sites (N-methyl/N-ethyl adjacent to an activating group) is 1. The number of benzene rings is 1.